The van der Waals surface area contributed by atoms with E-state index in [1.807, 2.05) is 27.7 Å². The smallest absolute Gasteiger partial charge is 0.273 e. The van der Waals surface area contributed by atoms with Crippen LogP contribution in [-0.4, -0.2) is 70.8 Å². The summed E-state index contributed by atoms with van der Waals surface area (Å²) in [5.74, 6) is -0.800. The fraction of sp³-hybridized carbons (Fsp3) is 0.484. The maximum absolute atomic E-state index is 14.0. The Balaban J connectivity index is 1.53. The predicted octanol–water partition coefficient (Wildman–Crippen LogP) is 3.43. The minimum absolute atomic E-state index is 0.00466. The number of para-hydroxylation sites is 1. The van der Waals surface area contributed by atoms with Gasteiger partial charge in [-0.1, -0.05) is 33.8 Å². The number of benzene rings is 1. The Bertz CT molecular complexity index is 1600. The van der Waals surface area contributed by atoms with E-state index in [2.05, 4.69) is 25.9 Å². The van der Waals surface area contributed by atoms with Gasteiger partial charge in [0.2, 0.25) is 11.8 Å². The molecule has 240 valence electrons. The van der Waals surface area contributed by atoms with Crippen LogP contribution in [0.4, 0.5) is 0 Å². The minimum atomic E-state index is -0.629. The van der Waals surface area contributed by atoms with E-state index in [9.17, 15) is 19.2 Å². The summed E-state index contributed by atoms with van der Waals surface area (Å²) < 4.78 is 17.3. The highest BCUT2D eigenvalue weighted by Crippen LogP contribution is 2.34. The van der Waals surface area contributed by atoms with Gasteiger partial charge in [-0.05, 0) is 37.8 Å². The van der Waals surface area contributed by atoms with Crippen molar-refractivity contribution < 1.29 is 33.1 Å². The summed E-state index contributed by atoms with van der Waals surface area (Å²) in [5.41, 5.74) is 0.491. The van der Waals surface area contributed by atoms with Crippen LogP contribution in [-0.2, 0) is 4.79 Å². The SMILES string of the molecule is Cc1oc2nc1C(=O)N[C@H](C)CN(C(=O)c1cccc3c1OCCO3)CC(=O)N[C@@H](C(C)C)c1nc(cs1)C(=O)N[C@@H]2C(C)C. The number of ether oxygens (including phenoxy) is 2. The summed E-state index contributed by atoms with van der Waals surface area (Å²) in [5, 5.41) is 11.0. The molecule has 0 unspecified atom stereocenters. The maximum atomic E-state index is 14.0. The summed E-state index contributed by atoms with van der Waals surface area (Å²) in [6, 6.07) is 3.29. The Labute approximate surface area is 265 Å². The third-order valence-electron chi connectivity index (χ3n) is 7.54. The summed E-state index contributed by atoms with van der Waals surface area (Å²) in [7, 11) is 0. The van der Waals surface area contributed by atoms with Gasteiger partial charge in [-0.25, -0.2) is 9.97 Å². The van der Waals surface area contributed by atoms with Crippen LogP contribution in [0.1, 0.15) is 94.7 Å². The Hall–Kier alpha value is -4.46. The van der Waals surface area contributed by atoms with Gasteiger partial charge in [-0.3, -0.25) is 19.2 Å². The van der Waals surface area contributed by atoms with Crippen molar-refractivity contribution in [1.29, 1.82) is 0 Å². The van der Waals surface area contributed by atoms with Crippen LogP contribution in [0.3, 0.4) is 0 Å². The van der Waals surface area contributed by atoms with Crippen molar-refractivity contribution in [1.82, 2.24) is 30.8 Å². The molecule has 3 N–H and O–H groups in total. The lowest BCUT2D eigenvalue weighted by molar-refractivity contribution is -0.122. The van der Waals surface area contributed by atoms with Crippen molar-refractivity contribution in [2.45, 2.75) is 59.7 Å². The van der Waals surface area contributed by atoms with Crippen molar-refractivity contribution in [3.63, 3.8) is 0 Å². The molecule has 4 amide bonds. The van der Waals surface area contributed by atoms with Gasteiger partial charge in [0.25, 0.3) is 17.7 Å². The van der Waals surface area contributed by atoms with E-state index < -0.39 is 41.8 Å². The minimum Gasteiger partial charge on any atom is -0.486 e. The first-order valence-corrected chi connectivity index (χ1v) is 15.8. The lowest BCUT2D eigenvalue weighted by atomic mass is 10.0. The fourth-order valence-electron chi connectivity index (χ4n) is 5.23. The quantitative estimate of drug-likeness (QED) is 0.390. The van der Waals surface area contributed by atoms with Gasteiger partial charge in [0.15, 0.2) is 17.2 Å². The van der Waals surface area contributed by atoms with Crippen LogP contribution in [0.2, 0.25) is 0 Å². The molecular weight excluding hydrogens is 600 g/mol. The molecule has 0 saturated heterocycles. The molecule has 0 spiro atoms. The molecule has 2 aliphatic rings. The van der Waals surface area contributed by atoms with Gasteiger partial charge in [0, 0.05) is 18.0 Å². The molecule has 3 aromatic rings. The molecule has 45 heavy (non-hydrogen) atoms. The van der Waals surface area contributed by atoms with Crippen LogP contribution in [0, 0.1) is 18.8 Å². The third-order valence-corrected chi connectivity index (χ3v) is 8.47. The van der Waals surface area contributed by atoms with Crippen molar-refractivity contribution in [3.8, 4) is 11.5 Å². The van der Waals surface area contributed by atoms with Crippen molar-refractivity contribution in [2.75, 3.05) is 26.3 Å². The lowest BCUT2D eigenvalue weighted by Gasteiger charge is -2.29. The molecule has 5 rings (SSSR count). The largest absolute Gasteiger partial charge is 0.486 e. The Morgan fingerprint density at radius 1 is 0.978 bits per heavy atom. The van der Waals surface area contributed by atoms with Gasteiger partial charge >= 0.3 is 0 Å². The van der Waals surface area contributed by atoms with Crippen molar-refractivity contribution in [3.05, 3.63) is 57.2 Å². The zero-order chi connectivity index (χ0) is 32.4. The second-order valence-electron chi connectivity index (χ2n) is 11.9. The molecule has 0 fully saturated rings. The molecule has 2 aliphatic heterocycles. The Morgan fingerprint density at radius 2 is 1.71 bits per heavy atom. The highest BCUT2D eigenvalue weighted by molar-refractivity contribution is 7.09. The summed E-state index contributed by atoms with van der Waals surface area (Å²) in [6.45, 7) is 11.4. The van der Waals surface area contributed by atoms with Gasteiger partial charge < -0.3 is 34.7 Å². The van der Waals surface area contributed by atoms with E-state index in [-0.39, 0.29) is 60.1 Å². The zero-order valence-corrected chi connectivity index (χ0v) is 26.9. The topological polar surface area (TPSA) is 165 Å². The number of aromatic nitrogens is 2. The summed E-state index contributed by atoms with van der Waals surface area (Å²) >= 11 is 1.26. The summed E-state index contributed by atoms with van der Waals surface area (Å²) in [4.78, 5) is 64.6. The average Bonchev–Trinajstić information content (AvgIpc) is 3.64. The van der Waals surface area contributed by atoms with Gasteiger partial charge in [-0.2, -0.15) is 0 Å². The number of aryl methyl sites for hydroxylation is 1. The van der Waals surface area contributed by atoms with E-state index >= 15 is 0 Å². The van der Waals surface area contributed by atoms with Crippen molar-refractivity contribution >= 4 is 35.0 Å². The number of nitrogens with one attached hydrogen (secondary N) is 3. The van der Waals surface area contributed by atoms with Crippen LogP contribution in [0.5, 0.6) is 11.5 Å². The van der Waals surface area contributed by atoms with Gasteiger partial charge in [0.1, 0.15) is 35.7 Å². The van der Waals surface area contributed by atoms with Crippen LogP contribution in [0.25, 0.3) is 0 Å². The Kier molecular flexibility index (Phi) is 9.42. The van der Waals surface area contributed by atoms with E-state index in [0.29, 0.717) is 23.1 Å². The van der Waals surface area contributed by atoms with E-state index in [0.717, 1.165) is 0 Å². The zero-order valence-electron chi connectivity index (χ0n) is 26.1. The first-order chi connectivity index (χ1) is 21.4. The molecular formula is C31H38N6O7S. The number of carbonyl (C=O) groups excluding carboxylic acids is 4. The van der Waals surface area contributed by atoms with E-state index in [1.54, 1.807) is 37.4 Å². The second kappa shape index (κ2) is 13.3. The van der Waals surface area contributed by atoms with Crippen LogP contribution < -0.4 is 25.4 Å². The number of rotatable bonds is 3. The molecule has 13 nitrogen and oxygen atoms in total. The van der Waals surface area contributed by atoms with Gasteiger partial charge in [-0.15, -0.1) is 11.3 Å². The molecule has 0 saturated carbocycles. The molecule has 14 heteroatoms. The van der Waals surface area contributed by atoms with E-state index in [1.165, 1.54) is 16.2 Å². The highest BCUT2D eigenvalue weighted by Gasteiger charge is 2.32. The number of nitrogens with zero attached hydrogens (tertiary/aromatic N) is 3. The number of oxazole rings is 1. The third kappa shape index (κ3) is 6.95. The normalized spacial score (nSPS) is 21.1. The first kappa shape index (κ1) is 31.9. The first-order valence-electron chi connectivity index (χ1n) is 14.9. The highest BCUT2D eigenvalue weighted by atomic mass is 32.1. The molecule has 0 aliphatic carbocycles. The molecule has 2 aromatic heterocycles. The average molecular weight is 639 g/mol. The monoisotopic (exact) mass is 638 g/mol. The number of fused-ring (bicyclic) bond motifs is 5. The molecule has 3 atom stereocenters. The predicted molar refractivity (Wildman–Crippen MR) is 164 cm³/mol. The van der Waals surface area contributed by atoms with E-state index in [4.69, 9.17) is 13.9 Å². The van der Waals surface area contributed by atoms with Crippen LogP contribution >= 0.6 is 11.3 Å². The van der Waals surface area contributed by atoms with Crippen LogP contribution in [0.15, 0.2) is 28.0 Å². The summed E-state index contributed by atoms with van der Waals surface area (Å²) in [6.07, 6.45) is 0. The molecule has 4 heterocycles. The standard InChI is InChI=1S/C31H38N6O7S/c1-15(2)23-29-36-25(18(6)44-29)28(40)32-17(5)12-37(31(41)19-8-7-9-21-26(19)43-11-10-42-21)13-22(38)34-24(16(3)4)30-33-20(14-45-30)27(39)35-23/h7-9,14-17,23-24H,10-13H2,1-6H3,(H,32,40)(H,34,38)(H,35,39)/t17-,23-,24+/m1/s1. The molecule has 0 radical (unpaired) electrons. The number of hydrogen-bond acceptors (Lipinski definition) is 10. The lowest BCUT2D eigenvalue weighted by Crippen LogP contribution is -2.48. The van der Waals surface area contributed by atoms with Gasteiger partial charge in [0.05, 0.1) is 18.2 Å². The Morgan fingerprint density at radius 3 is 2.44 bits per heavy atom. The molecule has 4 bridgehead atoms. The number of amides is 4. The second-order valence-corrected chi connectivity index (χ2v) is 12.8. The molecule has 1 aromatic carbocycles. The maximum Gasteiger partial charge on any atom is 0.273 e. The number of carbonyl (C=O) groups is 4. The van der Waals surface area contributed by atoms with Crippen molar-refractivity contribution in [2.24, 2.45) is 11.8 Å². The fourth-order valence-corrected chi connectivity index (χ4v) is 6.25. The number of hydrogen-bond donors (Lipinski definition) is 3. The number of thiazole rings is 1.